The fourth-order valence-electron chi connectivity index (χ4n) is 5.63. The highest BCUT2D eigenvalue weighted by Gasteiger charge is 2.44. The van der Waals surface area contributed by atoms with Gasteiger partial charge in [-0.3, -0.25) is 0 Å². The normalized spacial score (nSPS) is 18.7. The fourth-order valence-corrected chi connectivity index (χ4v) is 7.73. The summed E-state index contributed by atoms with van der Waals surface area (Å²) < 4.78 is 21.8. The van der Waals surface area contributed by atoms with Crippen LogP contribution in [0.15, 0.2) is 93.5 Å². The van der Waals surface area contributed by atoms with E-state index in [4.69, 9.17) is 4.74 Å². The lowest BCUT2D eigenvalue weighted by Gasteiger charge is -2.40. The Morgan fingerprint density at radius 2 is 1.28 bits per heavy atom. The van der Waals surface area contributed by atoms with Gasteiger partial charge in [-0.1, -0.05) is 55.7 Å². The Morgan fingerprint density at radius 3 is 1.88 bits per heavy atom. The first kappa shape index (κ1) is 21.6. The maximum absolute atomic E-state index is 15.1. The zero-order valence-electron chi connectivity index (χ0n) is 18.6. The van der Waals surface area contributed by atoms with Crippen LogP contribution in [0, 0.1) is 11.7 Å². The predicted octanol–water partition coefficient (Wildman–Crippen LogP) is 8.19. The van der Waals surface area contributed by atoms with Gasteiger partial charge >= 0.3 is 0 Å². The second-order valence-corrected chi connectivity index (χ2v) is 11.3. The monoisotopic (exact) mass is 447 g/mol. The molecule has 5 rings (SSSR count). The molecule has 3 heteroatoms. The van der Waals surface area contributed by atoms with Crippen molar-refractivity contribution < 1.29 is 9.13 Å². The Balaban J connectivity index is 1.52. The first-order chi connectivity index (χ1) is 15.8. The quantitative estimate of drug-likeness (QED) is 0.346. The molecule has 0 saturated heterocycles. The van der Waals surface area contributed by atoms with E-state index in [0.717, 1.165) is 17.7 Å². The highest BCUT2D eigenvalue weighted by Crippen LogP contribution is 2.46. The Labute approximate surface area is 194 Å². The maximum Gasteiger partial charge on any atom is 0.170 e. The SMILES string of the molecule is Fc1ccc([S+](c2ccccc2)c2ccccc2)cc1OC1(C2CCCCC2)CCCC1. The number of rotatable bonds is 6. The molecule has 2 saturated carbocycles. The van der Waals surface area contributed by atoms with Gasteiger partial charge in [0.05, 0.1) is 10.9 Å². The van der Waals surface area contributed by atoms with Crippen molar-refractivity contribution in [3.05, 3.63) is 84.7 Å². The molecule has 0 aliphatic heterocycles. The van der Waals surface area contributed by atoms with Gasteiger partial charge in [0.15, 0.2) is 26.3 Å². The molecule has 0 atom stereocenters. The summed E-state index contributed by atoms with van der Waals surface area (Å²) >= 11 is 0. The van der Waals surface area contributed by atoms with Gasteiger partial charge in [-0.05, 0) is 80.8 Å². The minimum absolute atomic E-state index is 0.183. The third kappa shape index (κ3) is 4.45. The minimum Gasteiger partial charge on any atom is -0.484 e. The summed E-state index contributed by atoms with van der Waals surface area (Å²) in [5.74, 6) is 0.767. The highest BCUT2D eigenvalue weighted by atomic mass is 32.2. The molecule has 1 nitrogen and oxygen atoms in total. The van der Waals surface area contributed by atoms with Crippen LogP contribution in [-0.2, 0) is 10.9 Å². The molecule has 32 heavy (non-hydrogen) atoms. The van der Waals surface area contributed by atoms with Crippen LogP contribution in [0.2, 0.25) is 0 Å². The molecule has 0 bridgehead atoms. The molecule has 166 valence electrons. The van der Waals surface area contributed by atoms with Crippen LogP contribution >= 0.6 is 0 Å². The molecule has 0 radical (unpaired) electrons. The molecule has 3 aromatic rings. The number of benzene rings is 3. The molecule has 2 aliphatic carbocycles. The van der Waals surface area contributed by atoms with E-state index in [0.29, 0.717) is 11.7 Å². The van der Waals surface area contributed by atoms with Crippen LogP contribution in [0.25, 0.3) is 0 Å². The van der Waals surface area contributed by atoms with Gasteiger partial charge < -0.3 is 4.74 Å². The van der Waals surface area contributed by atoms with E-state index < -0.39 is 0 Å². The molecule has 0 spiro atoms. The zero-order valence-corrected chi connectivity index (χ0v) is 19.5. The highest BCUT2D eigenvalue weighted by molar-refractivity contribution is 7.97. The largest absolute Gasteiger partial charge is 0.484 e. The second-order valence-electron chi connectivity index (χ2n) is 9.23. The Kier molecular flexibility index (Phi) is 6.54. The topological polar surface area (TPSA) is 9.23 Å². The van der Waals surface area contributed by atoms with Crippen LogP contribution in [0.1, 0.15) is 57.8 Å². The van der Waals surface area contributed by atoms with Gasteiger partial charge in [-0.15, -0.1) is 0 Å². The molecule has 0 heterocycles. The zero-order chi connectivity index (χ0) is 21.8. The predicted molar refractivity (Wildman–Crippen MR) is 130 cm³/mol. The summed E-state index contributed by atoms with van der Waals surface area (Å²) in [5, 5.41) is 0. The van der Waals surface area contributed by atoms with E-state index in [1.165, 1.54) is 54.7 Å². The first-order valence-corrected chi connectivity index (χ1v) is 13.3. The van der Waals surface area contributed by atoms with Gasteiger partial charge in [-0.25, -0.2) is 4.39 Å². The molecule has 3 aromatic carbocycles. The van der Waals surface area contributed by atoms with Crippen LogP contribution in [0.5, 0.6) is 5.75 Å². The number of hydrogen-bond acceptors (Lipinski definition) is 1. The van der Waals surface area contributed by atoms with E-state index in [1.54, 1.807) is 6.07 Å². The Hall–Kier alpha value is -2.26. The summed E-state index contributed by atoms with van der Waals surface area (Å²) in [6.07, 6.45) is 10.8. The summed E-state index contributed by atoms with van der Waals surface area (Å²) in [7, 11) is -0.301. The van der Waals surface area contributed by atoms with Crippen molar-refractivity contribution in [2.24, 2.45) is 5.92 Å². The molecule has 0 aromatic heterocycles. The average molecular weight is 448 g/mol. The van der Waals surface area contributed by atoms with Crippen molar-refractivity contribution in [2.45, 2.75) is 78.1 Å². The lowest BCUT2D eigenvalue weighted by atomic mass is 9.75. The van der Waals surface area contributed by atoms with E-state index in [2.05, 4.69) is 48.5 Å². The van der Waals surface area contributed by atoms with Gasteiger partial charge in [0.1, 0.15) is 5.60 Å². The lowest BCUT2D eigenvalue weighted by molar-refractivity contribution is -0.00557. The van der Waals surface area contributed by atoms with Crippen molar-refractivity contribution >= 4 is 10.9 Å². The van der Waals surface area contributed by atoms with Gasteiger partial charge in [0.2, 0.25) is 0 Å². The number of halogens is 1. The molecule has 0 N–H and O–H groups in total. The summed E-state index contributed by atoms with van der Waals surface area (Å²) in [4.78, 5) is 3.58. The van der Waals surface area contributed by atoms with Crippen molar-refractivity contribution in [1.82, 2.24) is 0 Å². The lowest BCUT2D eigenvalue weighted by Crippen LogP contribution is -2.42. The Bertz CT molecular complexity index is 968. The van der Waals surface area contributed by atoms with E-state index in [9.17, 15) is 0 Å². The number of ether oxygens (including phenoxy) is 1. The van der Waals surface area contributed by atoms with Gasteiger partial charge in [0.25, 0.3) is 0 Å². The molecular formula is C29H32FOS+. The third-order valence-electron chi connectivity index (χ3n) is 7.21. The minimum atomic E-state index is -0.301. The molecule has 0 amide bonds. The molecule has 2 aliphatic rings. The van der Waals surface area contributed by atoms with E-state index in [1.807, 2.05) is 24.3 Å². The maximum atomic E-state index is 15.1. The summed E-state index contributed by atoms with van der Waals surface area (Å²) in [6.45, 7) is 0. The second kappa shape index (κ2) is 9.70. The summed E-state index contributed by atoms with van der Waals surface area (Å²) in [5.41, 5.74) is -0.183. The van der Waals surface area contributed by atoms with Gasteiger partial charge in [-0.2, -0.15) is 0 Å². The standard InChI is InChI=1S/C29H32FOS/c30-27-19-18-26(32(24-14-6-2-7-15-24)25-16-8-3-9-17-25)22-28(27)31-29(20-10-11-21-29)23-12-4-1-5-13-23/h2-3,6-9,14-19,22-23H,1,4-5,10-13,20-21H2/q+1. The van der Waals surface area contributed by atoms with Crippen LogP contribution in [-0.4, -0.2) is 5.60 Å². The fraction of sp³-hybridized carbons (Fsp3) is 0.379. The van der Waals surface area contributed by atoms with Crippen molar-refractivity contribution in [2.75, 3.05) is 0 Å². The molecule has 2 fully saturated rings. The van der Waals surface area contributed by atoms with Crippen molar-refractivity contribution in [3.8, 4) is 5.75 Å². The van der Waals surface area contributed by atoms with E-state index in [-0.39, 0.29) is 22.3 Å². The van der Waals surface area contributed by atoms with Crippen LogP contribution < -0.4 is 4.74 Å². The van der Waals surface area contributed by atoms with E-state index >= 15 is 4.39 Å². The molecular weight excluding hydrogens is 415 g/mol. The van der Waals surface area contributed by atoms with Gasteiger partial charge in [0, 0.05) is 6.07 Å². The number of hydrogen-bond donors (Lipinski definition) is 0. The third-order valence-corrected chi connectivity index (χ3v) is 9.42. The summed E-state index contributed by atoms with van der Waals surface area (Å²) in [6, 6.07) is 26.6. The molecule has 0 unspecified atom stereocenters. The van der Waals surface area contributed by atoms with Crippen LogP contribution in [0.3, 0.4) is 0 Å². The first-order valence-electron chi connectivity index (χ1n) is 12.1. The Morgan fingerprint density at radius 1 is 0.688 bits per heavy atom. The van der Waals surface area contributed by atoms with Crippen molar-refractivity contribution in [3.63, 3.8) is 0 Å². The van der Waals surface area contributed by atoms with Crippen molar-refractivity contribution in [1.29, 1.82) is 0 Å². The van der Waals surface area contributed by atoms with Crippen LogP contribution in [0.4, 0.5) is 4.39 Å². The average Bonchev–Trinajstić information content (AvgIpc) is 3.33. The smallest absolute Gasteiger partial charge is 0.170 e.